The van der Waals surface area contributed by atoms with Crippen LogP contribution in [0.3, 0.4) is 0 Å². The zero-order valence-corrected chi connectivity index (χ0v) is 19.1. The molecular formula is C28H26N2OS. The highest BCUT2D eigenvalue weighted by molar-refractivity contribution is 7.09. The van der Waals surface area contributed by atoms with Crippen molar-refractivity contribution in [2.24, 2.45) is 7.05 Å². The van der Waals surface area contributed by atoms with Gasteiger partial charge >= 0.3 is 0 Å². The predicted octanol–water partition coefficient (Wildman–Crippen LogP) is 6.86. The van der Waals surface area contributed by atoms with E-state index in [2.05, 4.69) is 88.6 Å². The fourth-order valence-corrected chi connectivity index (χ4v) is 6.36. The Kier molecular flexibility index (Phi) is 4.76. The monoisotopic (exact) mass is 438 g/mol. The molecular weight excluding hydrogens is 412 g/mol. The maximum atomic E-state index is 13.7. The van der Waals surface area contributed by atoms with Crippen LogP contribution in [0.2, 0.25) is 0 Å². The molecule has 0 bridgehead atoms. The molecule has 4 aromatic rings. The lowest BCUT2D eigenvalue weighted by atomic mass is 9.86. The highest BCUT2D eigenvalue weighted by Gasteiger charge is 2.43. The summed E-state index contributed by atoms with van der Waals surface area (Å²) in [5.74, 6) is 0.241. The summed E-state index contributed by atoms with van der Waals surface area (Å²) in [6, 6.07) is 23.5. The smallest absolute Gasteiger partial charge is 0.250 e. The number of carbonyl (C=O) groups excluding carboxylic acids is 1. The number of benzene rings is 2. The van der Waals surface area contributed by atoms with E-state index in [9.17, 15) is 4.79 Å². The van der Waals surface area contributed by atoms with E-state index in [-0.39, 0.29) is 11.9 Å². The Balaban J connectivity index is 1.62. The number of rotatable bonds is 4. The molecule has 3 nitrogen and oxygen atoms in total. The number of fused-ring (bicyclic) bond motifs is 1. The van der Waals surface area contributed by atoms with Gasteiger partial charge < -0.3 is 9.47 Å². The van der Waals surface area contributed by atoms with Crippen LogP contribution in [0.15, 0.2) is 83.3 Å². The van der Waals surface area contributed by atoms with Gasteiger partial charge in [-0.15, -0.1) is 11.3 Å². The number of thiophene rings is 1. The lowest BCUT2D eigenvalue weighted by Crippen LogP contribution is -2.29. The van der Waals surface area contributed by atoms with E-state index in [1.165, 1.54) is 44.6 Å². The second-order valence-electron chi connectivity index (χ2n) is 8.83. The Labute approximate surface area is 192 Å². The van der Waals surface area contributed by atoms with Gasteiger partial charge in [0.25, 0.3) is 5.91 Å². The summed E-state index contributed by atoms with van der Waals surface area (Å²) in [4.78, 5) is 17.1. The van der Waals surface area contributed by atoms with Crippen LogP contribution in [0, 0.1) is 0 Å². The molecule has 0 saturated carbocycles. The normalized spacial score (nSPS) is 18.6. The Morgan fingerprint density at radius 2 is 1.72 bits per heavy atom. The average Bonchev–Trinajstić information content (AvgIpc) is 3.52. The Morgan fingerprint density at radius 3 is 2.53 bits per heavy atom. The van der Waals surface area contributed by atoms with Crippen LogP contribution in [0.25, 0.3) is 22.2 Å². The quantitative estimate of drug-likeness (QED) is 0.342. The Bertz CT molecular complexity index is 1330. The Morgan fingerprint density at radius 1 is 0.938 bits per heavy atom. The lowest BCUT2D eigenvalue weighted by molar-refractivity contribution is -0.127. The fraction of sp³-hybridized carbons (Fsp3) is 0.250. The minimum absolute atomic E-state index is 0.00112. The summed E-state index contributed by atoms with van der Waals surface area (Å²) in [7, 11) is 2.16. The molecule has 1 aliphatic heterocycles. The third-order valence-corrected chi connectivity index (χ3v) is 7.91. The predicted molar refractivity (Wildman–Crippen MR) is 131 cm³/mol. The van der Waals surface area contributed by atoms with Gasteiger partial charge in [0.05, 0.1) is 18.3 Å². The number of para-hydroxylation sites is 1. The van der Waals surface area contributed by atoms with E-state index in [0.717, 1.165) is 24.8 Å². The first kappa shape index (κ1) is 19.6. The van der Waals surface area contributed by atoms with Crippen molar-refractivity contribution in [3.8, 4) is 11.3 Å². The summed E-state index contributed by atoms with van der Waals surface area (Å²) >= 11 is 1.73. The highest BCUT2D eigenvalue weighted by Crippen LogP contribution is 2.50. The van der Waals surface area contributed by atoms with Gasteiger partial charge in [0.15, 0.2) is 0 Å². The zero-order valence-electron chi connectivity index (χ0n) is 18.3. The molecule has 0 radical (unpaired) electrons. The van der Waals surface area contributed by atoms with Gasteiger partial charge in [-0.2, -0.15) is 0 Å². The Hall–Kier alpha value is -3.11. The largest absolute Gasteiger partial charge is 0.343 e. The van der Waals surface area contributed by atoms with E-state index in [1.54, 1.807) is 11.3 Å². The highest BCUT2D eigenvalue weighted by atomic mass is 32.1. The zero-order chi connectivity index (χ0) is 21.7. The van der Waals surface area contributed by atoms with Gasteiger partial charge in [-0.3, -0.25) is 4.79 Å². The molecule has 2 aliphatic rings. The summed E-state index contributed by atoms with van der Waals surface area (Å²) < 4.78 is 2.31. The summed E-state index contributed by atoms with van der Waals surface area (Å²) in [6.07, 6.45) is 4.22. The molecule has 0 N–H and O–H groups in total. The summed E-state index contributed by atoms with van der Waals surface area (Å²) in [5, 5.41) is 3.35. The second-order valence-corrected chi connectivity index (χ2v) is 9.86. The molecule has 6 rings (SSSR count). The standard InChI is InChI=1S/C28H26N2OS/c1-29-24-16-8-7-15-23(24)25(26(29)19-10-3-2-4-11-19)27-21-13-5-6-14-22(21)28(31)30(27)18-20-12-9-17-32-20/h2-4,7-12,15-17,27H,5-6,13-14,18H2,1H3. The van der Waals surface area contributed by atoms with E-state index in [1.807, 2.05) is 0 Å². The van der Waals surface area contributed by atoms with Crippen LogP contribution in [-0.2, 0) is 18.4 Å². The molecule has 2 aromatic carbocycles. The number of amides is 1. The molecule has 0 spiro atoms. The molecule has 160 valence electrons. The van der Waals surface area contributed by atoms with E-state index in [0.29, 0.717) is 6.54 Å². The van der Waals surface area contributed by atoms with Crippen LogP contribution in [0.1, 0.15) is 42.2 Å². The third-order valence-electron chi connectivity index (χ3n) is 7.04. The minimum atomic E-state index is 0.00112. The van der Waals surface area contributed by atoms with Gasteiger partial charge in [0.2, 0.25) is 0 Å². The molecule has 1 amide bonds. The second kappa shape index (κ2) is 7.79. The molecule has 0 fully saturated rings. The van der Waals surface area contributed by atoms with Crippen LogP contribution >= 0.6 is 11.3 Å². The topological polar surface area (TPSA) is 25.2 Å². The maximum absolute atomic E-state index is 13.7. The van der Waals surface area contributed by atoms with E-state index in [4.69, 9.17) is 0 Å². The number of aromatic nitrogens is 1. The molecule has 0 saturated heterocycles. The van der Waals surface area contributed by atoms with Crippen molar-refractivity contribution in [1.29, 1.82) is 0 Å². The van der Waals surface area contributed by atoms with Crippen molar-refractivity contribution in [3.63, 3.8) is 0 Å². The number of hydrogen-bond donors (Lipinski definition) is 0. The average molecular weight is 439 g/mol. The van der Waals surface area contributed by atoms with Crippen molar-refractivity contribution < 1.29 is 4.79 Å². The van der Waals surface area contributed by atoms with Crippen molar-refractivity contribution in [1.82, 2.24) is 9.47 Å². The van der Waals surface area contributed by atoms with Crippen molar-refractivity contribution >= 4 is 28.1 Å². The van der Waals surface area contributed by atoms with Crippen LogP contribution in [0.5, 0.6) is 0 Å². The van der Waals surface area contributed by atoms with Crippen LogP contribution < -0.4 is 0 Å². The van der Waals surface area contributed by atoms with Gasteiger partial charge in [-0.1, -0.05) is 54.6 Å². The number of carbonyl (C=O) groups is 1. The first-order valence-electron chi connectivity index (χ1n) is 11.4. The molecule has 32 heavy (non-hydrogen) atoms. The van der Waals surface area contributed by atoms with E-state index < -0.39 is 0 Å². The van der Waals surface area contributed by atoms with Crippen LogP contribution in [0.4, 0.5) is 0 Å². The lowest BCUT2D eigenvalue weighted by Gasteiger charge is -2.28. The van der Waals surface area contributed by atoms with Crippen molar-refractivity contribution in [3.05, 3.63) is 93.7 Å². The van der Waals surface area contributed by atoms with Gasteiger partial charge in [-0.05, 0) is 54.3 Å². The van der Waals surface area contributed by atoms with Crippen molar-refractivity contribution in [2.45, 2.75) is 38.3 Å². The number of hydrogen-bond acceptors (Lipinski definition) is 2. The van der Waals surface area contributed by atoms with Crippen LogP contribution in [-0.4, -0.2) is 15.4 Å². The molecule has 3 heterocycles. The molecule has 2 aromatic heterocycles. The molecule has 4 heteroatoms. The molecule has 1 aliphatic carbocycles. The molecule has 1 unspecified atom stereocenters. The summed E-state index contributed by atoms with van der Waals surface area (Å²) in [5.41, 5.74) is 7.35. The molecule has 1 atom stereocenters. The van der Waals surface area contributed by atoms with Crippen molar-refractivity contribution in [2.75, 3.05) is 0 Å². The van der Waals surface area contributed by atoms with Gasteiger partial charge in [0.1, 0.15) is 0 Å². The fourth-order valence-electron chi connectivity index (χ4n) is 5.66. The third kappa shape index (κ3) is 2.97. The number of nitrogens with zero attached hydrogens (tertiary/aromatic N) is 2. The number of aryl methyl sites for hydroxylation is 1. The van der Waals surface area contributed by atoms with Gasteiger partial charge in [0, 0.05) is 34.0 Å². The van der Waals surface area contributed by atoms with Gasteiger partial charge in [-0.25, -0.2) is 0 Å². The maximum Gasteiger partial charge on any atom is 0.250 e. The first-order chi connectivity index (χ1) is 15.7. The SMILES string of the molecule is Cn1c(-c2ccccc2)c(C2C3=C(CCCC3)C(=O)N2Cc2cccs2)c2ccccc21. The first-order valence-corrected chi connectivity index (χ1v) is 12.3. The summed E-state index contributed by atoms with van der Waals surface area (Å²) in [6.45, 7) is 0.672. The minimum Gasteiger partial charge on any atom is -0.343 e. The van der Waals surface area contributed by atoms with E-state index >= 15 is 0 Å².